The van der Waals surface area contributed by atoms with Gasteiger partial charge in [0.05, 0.1) is 5.56 Å². The van der Waals surface area contributed by atoms with Crippen molar-refractivity contribution >= 4 is 11.8 Å². The first-order valence-electron chi connectivity index (χ1n) is 5.95. The second-order valence-corrected chi connectivity index (χ2v) is 4.51. The molecule has 0 aliphatic heterocycles. The normalized spacial score (nSPS) is 10.3. The van der Waals surface area contributed by atoms with Crippen molar-refractivity contribution in [3.8, 4) is 17.2 Å². The number of aromatic hydroxyl groups is 3. The second-order valence-electron chi connectivity index (χ2n) is 4.51. The molecule has 2 rings (SSSR count). The van der Waals surface area contributed by atoms with Gasteiger partial charge < -0.3 is 20.4 Å². The van der Waals surface area contributed by atoms with E-state index in [2.05, 4.69) is 0 Å². The van der Waals surface area contributed by atoms with E-state index in [4.69, 9.17) is 5.11 Å². The number of carbonyl (C=O) groups excluding carboxylic acids is 1. The molecular formula is C15H12O6. The highest BCUT2D eigenvalue weighted by Crippen LogP contribution is 2.33. The third-order valence-corrected chi connectivity index (χ3v) is 2.98. The Balaban J connectivity index is 2.67. The molecule has 4 N–H and O–H groups in total. The van der Waals surface area contributed by atoms with Gasteiger partial charge in [0, 0.05) is 0 Å². The van der Waals surface area contributed by atoms with Crippen LogP contribution >= 0.6 is 0 Å². The third-order valence-electron chi connectivity index (χ3n) is 2.98. The van der Waals surface area contributed by atoms with Crippen molar-refractivity contribution in [2.75, 3.05) is 0 Å². The molecule has 0 heterocycles. The van der Waals surface area contributed by atoms with Crippen molar-refractivity contribution < 1.29 is 30.0 Å². The molecule has 0 unspecified atom stereocenters. The Hall–Kier alpha value is -3.02. The van der Waals surface area contributed by atoms with E-state index in [1.807, 2.05) is 0 Å². The molecule has 0 saturated carbocycles. The molecule has 0 fully saturated rings. The predicted molar refractivity (Wildman–Crippen MR) is 73.0 cm³/mol. The number of phenolic OH excluding ortho intramolecular Hbond substituents is 2. The van der Waals surface area contributed by atoms with E-state index < -0.39 is 40.1 Å². The van der Waals surface area contributed by atoms with Crippen LogP contribution in [0.3, 0.4) is 0 Å². The number of rotatable bonds is 3. The number of hydrogen-bond donors (Lipinski definition) is 4. The van der Waals surface area contributed by atoms with Crippen LogP contribution in [0.4, 0.5) is 0 Å². The molecule has 6 heteroatoms. The molecule has 2 aromatic carbocycles. The van der Waals surface area contributed by atoms with Gasteiger partial charge in [0.25, 0.3) is 0 Å². The smallest absolute Gasteiger partial charge is 0.339 e. The Labute approximate surface area is 119 Å². The average Bonchev–Trinajstić information content (AvgIpc) is 2.40. The van der Waals surface area contributed by atoms with Gasteiger partial charge >= 0.3 is 5.97 Å². The van der Waals surface area contributed by atoms with Crippen LogP contribution in [0.5, 0.6) is 17.2 Å². The Kier molecular flexibility index (Phi) is 3.54. The summed E-state index contributed by atoms with van der Waals surface area (Å²) < 4.78 is 0. The minimum Gasteiger partial charge on any atom is -0.507 e. The quantitative estimate of drug-likeness (QED) is 0.642. The van der Waals surface area contributed by atoms with Crippen LogP contribution in [0.15, 0.2) is 30.3 Å². The fourth-order valence-corrected chi connectivity index (χ4v) is 2.01. The zero-order valence-corrected chi connectivity index (χ0v) is 11.0. The molecule has 0 amide bonds. The average molecular weight is 288 g/mol. The van der Waals surface area contributed by atoms with Crippen LogP contribution in [-0.2, 0) is 0 Å². The van der Waals surface area contributed by atoms with Gasteiger partial charge in [-0.3, -0.25) is 4.79 Å². The van der Waals surface area contributed by atoms with Gasteiger partial charge in [0.15, 0.2) is 0 Å². The van der Waals surface area contributed by atoms with Crippen molar-refractivity contribution in [2.45, 2.75) is 6.92 Å². The molecule has 0 atom stereocenters. The highest BCUT2D eigenvalue weighted by molar-refractivity contribution is 6.15. The minimum atomic E-state index is -1.38. The lowest BCUT2D eigenvalue weighted by atomic mass is 9.96. The van der Waals surface area contributed by atoms with Gasteiger partial charge in [-0.25, -0.2) is 4.79 Å². The van der Waals surface area contributed by atoms with Gasteiger partial charge in [-0.15, -0.1) is 0 Å². The third kappa shape index (κ3) is 2.51. The summed E-state index contributed by atoms with van der Waals surface area (Å²) in [6.07, 6.45) is 0. The fourth-order valence-electron chi connectivity index (χ4n) is 2.01. The summed E-state index contributed by atoms with van der Waals surface area (Å²) in [4.78, 5) is 23.4. The first-order chi connectivity index (χ1) is 9.82. The summed E-state index contributed by atoms with van der Waals surface area (Å²) in [6, 6.07) is 6.27. The molecule has 0 bridgehead atoms. The van der Waals surface area contributed by atoms with Gasteiger partial charge in [-0.05, 0) is 36.8 Å². The largest absolute Gasteiger partial charge is 0.507 e. The standard InChI is InChI=1S/C15H12O6/c1-7-5-8(13(18)9(6-7)15(20)21)14(19)12-10(16)3-2-4-11(12)17/h2-6,16-18H,1H3,(H,20,21). The summed E-state index contributed by atoms with van der Waals surface area (Å²) >= 11 is 0. The van der Waals surface area contributed by atoms with Gasteiger partial charge in [0.1, 0.15) is 28.4 Å². The van der Waals surface area contributed by atoms with E-state index in [-0.39, 0.29) is 5.56 Å². The van der Waals surface area contributed by atoms with Crippen LogP contribution in [0, 0.1) is 6.92 Å². The van der Waals surface area contributed by atoms with E-state index in [1.165, 1.54) is 30.3 Å². The van der Waals surface area contributed by atoms with E-state index in [9.17, 15) is 24.9 Å². The number of aryl methyl sites for hydroxylation is 1. The van der Waals surface area contributed by atoms with Crippen molar-refractivity contribution in [3.63, 3.8) is 0 Å². The van der Waals surface area contributed by atoms with Crippen molar-refractivity contribution in [1.29, 1.82) is 0 Å². The summed E-state index contributed by atoms with van der Waals surface area (Å²) in [5.41, 5.74) is -0.671. The monoisotopic (exact) mass is 288 g/mol. The number of carbonyl (C=O) groups is 2. The van der Waals surface area contributed by atoms with E-state index in [1.54, 1.807) is 6.92 Å². The van der Waals surface area contributed by atoms with Crippen LogP contribution in [0.1, 0.15) is 31.8 Å². The maximum atomic E-state index is 12.4. The molecule has 0 radical (unpaired) electrons. The molecule has 0 spiro atoms. The highest BCUT2D eigenvalue weighted by atomic mass is 16.4. The maximum Gasteiger partial charge on any atom is 0.339 e. The number of carboxylic acid groups (broad SMARTS) is 1. The Bertz CT molecular complexity index is 728. The molecule has 6 nitrogen and oxygen atoms in total. The lowest BCUT2D eigenvalue weighted by molar-refractivity contribution is 0.0693. The topological polar surface area (TPSA) is 115 Å². The Morgan fingerprint density at radius 1 is 0.952 bits per heavy atom. The zero-order valence-electron chi connectivity index (χ0n) is 11.0. The lowest BCUT2D eigenvalue weighted by Gasteiger charge is -2.10. The number of hydrogen-bond acceptors (Lipinski definition) is 5. The number of phenols is 3. The summed E-state index contributed by atoms with van der Waals surface area (Å²) in [6.45, 7) is 1.56. The SMILES string of the molecule is Cc1cc(C(=O)O)c(O)c(C(=O)c2c(O)cccc2O)c1. The van der Waals surface area contributed by atoms with E-state index in [0.29, 0.717) is 5.56 Å². The number of benzene rings is 2. The van der Waals surface area contributed by atoms with Gasteiger partial charge in [0.2, 0.25) is 5.78 Å². The summed E-state index contributed by atoms with van der Waals surface area (Å²) in [5, 5.41) is 38.3. The Morgan fingerprint density at radius 2 is 1.48 bits per heavy atom. The first kappa shape index (κ1) is 14.4. The molecule has 2 aromatic rings. The summed E-state index contributed by atoms with van der Waals surface area (Å²) in [5.74, 6) is -3.88. The van der Waals surface area contributed by atoms with Gasteiger partial charge in [-0.2, -0.15) is 0 Å². The maximum absolute atomic E-state index is 12.4. The zero-order chi connectivity index (χ0) is 15.7. The van der Waals surface area contributed by atoms with Crippen LogP contribution in [0.2, 0.25) is 0 Å². The number of carboxylic acids is 1. The lowest BCUT2D eigenvalue weighted by Crippen LogP contribution is -2.07. The molecule has 21 heavy (non-hydrogen) atoms. The van der Waals surface area contributed by atoms with Crippen molar-refractivity contribution in [3.05, 3.63) is 52.6 Å². The molecule has 108 valence electrons. The first-order valence-corrected chi connectivity index (χ1v) is 5.95. The molecular weight excluding hydrogens is 276 g/mol. The van der Waals surface area contributed by atoms with Crippen molar-refractivity contribution in [1.82, 2.24) is 0 Å². The molecule has 0 saturated heterocycles. The molecule has 0 aliphatic carbocycles. The molecule has 0 aliphatic rings. The van der Waals surface area contributed by atoms with Crippen molar-refractivity contribution in [2.24, 2.45) is 0 Å². The number of ketones is 1. The second kappa shape index (κ2) is 5.16. The van der Waals surface area contributed by atoms with Gasteiger partial charge in [-0.1, -0.05) is 6.07 Å². The number of aromatic carboxylic acids is 1. The summed E-state index contributed by atoms with van der Waals surface area (Å²) in [7, 11) is 0. The highest BCUT2D eigenvalue weighted by Gasteiger charge is 2.24. The van der Waals surface area contributed by atoms with Crippen LogP contribution < -0.4 is 0 Å². The van der Waals surface area contributed by atoms with Crippen LogP contribution in [0.25, 0.3) is 0 Å². The fraction of sp³-hybridized carbons (Fsp3) is 0.0667. The van der Waals surface area contributed by atoms with E-state index in [0.717, 1.165) is 0 Å². The minimum absolute atomic E-state index is 0.302. The predicted octanol–water partition coefficient (Wildman–Crippen LogP) is 2.04. The molecule has 0 aromatic heterocycles. The van der Waals surface area contributed by atoms with Crippen LogP contribution in [-0.4, -0.2) is 32.2 Å². The van der Waals surface area contributed by atoms with E-state index >= 15 is 0 Å². The Morgan fingerprint density at radius 3 is 2.00 bits per heavy atom.